The molecule has 2 aromatic rings. The third-order valence-electron chi connectivity index (χ3n) is 2.49. The highest BCUT2D eigenvalue weighted by Gasteiger charge is 2.14. The first-order valence-electron chi connectivity index (χ1n) is 6.22. The van der Waals surface area contributed by atoms with Gasteiger partial charge < -0.3 is 10.6 Å². The predicted molar refractivity (Wildman–Crippen MR) is 82.8 cm³/mol. The van der Waals surface area contributed by atoms with Gasteiger partial charge in [-0.2, -0.15) is 5.26 Å². The van der Waals surface area contributed by atoms with E-state index in [0.717, 1.165) is 13.0 Å². The summed E-state index contributed by atoms with van der Waals surface area (Å²) in [5.41, 5.74) is 0.860. The molecular weight excluding hydrogens is 310 g/mol. The van der Waals surface area contributed by atoms with Crippen LogP contribution in [-0.4, -0.2) is 22.6 Å². The maximum atomic E-state index is 12.1. The van der Waals surface area contributed by atoms with Crippen molar-refractivity contribution in [1.29, 1.82) is 5.26 Å². The topological polar surface area (TPSA) is 90.7 Å². The van der Waals surface area contributed by atoms with Gasteiger partial charge >= 0.3 is 0 Å². The van der Waals surface area contributed by atoms with Crippen LogP contribution >= 0.6 is 22.9 Å². The van der Waals surface area contributed by atoms with Crippen molar-refractivity contribution in [2.24, 2.45) is 0 Å². The molecule has 0 aliphatic heterocycles. The Bertz CT molecular complexity index is 694. The molecule has 0 saturated carbocycles. The number of amides is 1. The molecule has 1 aromatic heterocycles. The predicted octanol–water partition coefficient (Wildman–Crippen LogP) is 3.14. The number of benzene rings is 1. The first-order valence-corrected chi connectivity index (χ1v) is 7.42. The molecule has 0 unspecified atom stereocenters. The van der Waals surface area contributed by atoms with Crippen molar-refractivity contribution >= 4 is 39.7 Å². The molecule has 8 heteroatoms. The molecule has 0 saturated heterocycles. The van der Waals surface area contributed by atoms with Crippen molar-refractivity contribution in [2.45, 2.75) is 13.3 Å². The molecule has 0 fully saturated rings. The highest BCUT2D eigenvalue weighted by atomic mass is 35.5. The standard InChI is InChI=1S/C13H12ClN5OS/c1-2-5-16-13-19-18-12(21-13)11(20)17-10-4-3-8(7-15)6-9(10)14/h3-4,6H,2,5H2,1H3,(H,16,19)(H,17,20). The second-order valence-electron chi connectivity index (χ2n) is 4.10. The lowest BCUT2D eigenvalue weighted by molar-refractivity contribution is 0.102. The van der Waals surface area contributed by atoms with Gasteiger partial charge in [0.1, 0.15) is 0 Å². The normalized spacial score (nSPS) is 9.95. The van der Waals surface area contributed by atoms with Crippen LogP contribution in [0.2, 0.25) is 5.02 Å². The molecule has 108 valence electrons. The number of nitrogens with zero attached hydrogens (tertiary/aromatic N) is 3. The number of nitriles is 1. The molecule has 2 rings (SSSR count). The minimum Gasteiger partial charge on any atom is -0.360 e. The van der Waals surface area contributed by atoms with Gasteiger partial charge in [0.25, 0.3) is 5.91 Å². The van der Waals surface area contributed by atoms with Crippen molar-refractivity contribution in [3.63, 3.8) is 0 Å². The summed E-state index contributed by atoms with van der Waals surface area (Å²) in [5, 5.41) is 23.3. The van der Waals surface area contributed by atoms with Crippen LogP contribution in [0.5, 0.6) is 0 Å². The van der Waals surface area contributed by atoms with Crippen LogP contribution in [0, 0.1) is 11.3 Å². The summed E-state index contributed by atoms with van der Waals surface area (Å²) in [6.45, 7) is 2.81. The van der Waals surface area contributed by atoms with Crippen LogP contribution in [0.4, 0.5) is 10.8 Å². The lowest BCUT2D eigenvalue weighted by Gasteiger charge is -2.05. The van der Waals surface area contributed by atoms with E-state index in [1.807, 2.05) is 13.0 Å². The number of aromatic nitrogens is 2. The fourth-order valence-corrected chi connectivity index (χ4v) is 2.37. The van der Waals surface area contributed by atoms with Crippen LogP contribution in [-0.2, 0) is 0 Å². The molecule has 0 radical (unpaired) electrons. The molecule has 1 aromatic carbocycles. The van der Waals surface area contributed by atoms with E-state index in [9.17, 15) is 4.79 Å². The highest BCUT2D eigenvalue weighted by molar-refractivity contribution is 7.17. The summed E-state index contributed by atoms with van der Waals surface area (Å²) in [6, 6.07) is 6.63. The average molecular weight is 322 g/mol. The van der Waals surface area contributed by atoms with Crippen molar-refractivity contribution < 1.29 is 4.79 Å². The van der Waals surface area contributed by atoms with Crippen LogP contribution in [0.15, 0.2) is 18.2 Å². The number of halogens is 1. The summed E-state index contributed by atoms with van der Waals surface area (Å²) >= 11 is 7.18. The molecule has 0 bridgehead atoms. The highest BCUT2D eigenvalue weighted by Crippen LogP contribution is 2.24. The second-order valence-corrected chi connectivity index (χ2v) is 5.48. The number of nitrogens with one attached hydrogen (secondary N) is 2. The fraction of sp³-hybridized carbons (Fsp3) is 0.231. The summed E-state index contributed by atoms with van der Waals surface area (Å²) in [5.74, 6) is -0.386. The summed E-state index contributed by atoms with van der Waals surface area (Å²) < 4.78 is 0. The summed E-state index contributed by atoms with van der Waals surface area (Å²) in [6.07, 6.45) is 0.960. The molecule has 0 aliphatic rings. The van der Waals surface area contributed by atoms with E-state index in [2.05, 4.69) is 20.8 Å². The van der Waals surface area contributed by atoms with E-state index in [1.165, 1.54) is 17.4 Å². The molecule has 0 spiro atoms. The van der Waals surface area contributed by atoms with Gasteiger partial charge in [-0.05, 0) is 24.6 Å². The molecule has 1 heterocycles. The Balaban J connectivity index is 2.07. The van der Waals surface area contributed by atoms with Gasteiger partial charge in [-0.1, -0.05) is 29.9 Å². The van der Waals surface area contributed by atoms with Gasteiger partial charge in [0.15, 0.2) is 0 Å². The van der Waals surface area contributed by atoms with Crippen molar-refractivity contribution in [1.82, 2.24) is 10.2 Å². The zero-order valence-electron chi connectivity index (χ0n) is 11.2. The first kappa shape index (κ1) is 15.2. The van der Waals surface area contributed by atoms with E-state index in [-0.39, 0.29) is 10.9 Å². The van der Waals surface area contributed by atoms with Crippen molar-refractivity contribution in [3.8, 4) is 6.07 Å². The third-order valence-corrected chi connectivity index (χ3v) is 3.68. The molecule has 0 atom stereocenters. The Labute approximate surface area is 130 Å². The fourth-order valence-electron chi connectivity index (χ4n) is 1.48. The number of carbonyl (C=O) groups is 1. The summed E-state index contributed by atoms with van der Waals surface area (Å²) in [4.78, 5) is 12.1. The van der Waals surface area contributed by atoms with Crippen LogP contribution in [0.25, 0.3) is 0 Å². The lowest BCUT2D eigenvalue weighted by atomic mass is 10.2. The van der Waals surface area contributed by atoms with Crippen LogP contribution < -0.4 is 10.6 Å². The molecular formula is C13H12ClN5OS. The minimum atomic E-state index is -0.386. The zero-order valence-corrected chi connectivity index (χ0v) is 12.8. The van der Waals surface area contributed by atoms with Gasteiger partial charge in [-0.3, -0.25) is 4.79 Å². The Morgan fingerprint density at radius 3 is 2.95 bits per heavy atom. The Hall–Kier alpha value is -2.17. The molecule has 21 heavy (non-hydrogen) atoms. The Kier molecular flexibility index (Phi) is 5.09. The molecule has 6 nitrogen and oxygen atoms in total. The second kappa shape index (κ2) is 7.02. The number of rotatable bonds is 5. The van der Waals surface area contributed by atoms with Gasteiger partial charge in [0.2, 0.25) is 10.1 Å². The number of hydrogen-bond donors (Lipinski definition) is 2. The van der Waals surface area contributed by atoms with E-state index in [1.54, 1.807) is 12.1 Å². The largest absolute Gasteiger partial charge is 0.360 e. The molecule has 1 amide bonds. The van der Waals surface area contributed by atoms with Crippen molar-refractivity contribution in [3.05, 3.63) is 33.8 Å². The Morgan fingerprint density at radius 1 is 1.48 bits per heavy atom. The van der Waals surface area contributed by atoms with Crippen molar-refractivity contribution in [2.75, 3.05) is 17.2 Å². The van der Waals surface area contributed by atoms with Gasteiger partial charge in [0, 0.05) is 6.54 Å². The molecule has 2 N–H and O–H groups in total. The summed E-state index contributed by atoms with van der Waals surface area (Å²) in [7, 11) is 0. The maximum absolute atomic E-state index is 12.1. The number of anilines is 2. The lowest BCUT2D eigenvalue weighted by Crippen LogP contribution is -2.11. The van der Waals surface area contributed by atoms with Crippen LogP contribution in [0.1, 0.15) is 28.7 Å². The van der Waals surface area contributed by atoms with Gasteiger partial charge in [-0.15, -0.1) is 10.2 Å². The van der Waals surface area contributed by atoms with E-state index in [4.69, 9.17) is 16.9 Å². The van der Waals surface area contributed by atoms with Gasteiger partial charge in [-0.25, -0.2) is 0 Å². The smallest absolute Gasteiger partial charge is 0.286 e. The monoisotopic (exact) mass is 321 g/mol. The first-order chi connectivity index (χ1) is 10.1. The van der Waals surface area contributed by atoms with Crippen LogP contribution in [0.3, 0.4) is 0 Å². The Morgan fingerprint density at radius 2 is 2.29 bits per heavy atom. The van der Waals surface area contributed by atoms with E-state index in [0.29, 0.717) is 21.4 Å². The maximum Gasteiger partial charge on any atom is 0.286 e. The average Bonchev–Trinajstić information content (AvgIpc) is 2.96. The van der Waals surface area contributed by atoms with E-state index < -0.39 is 0 Å². The minimum absolute atomic E-state index is 0.244. The van der Waals surface area contributed by atoms with Gasteiger partial charge in [0.05, 0.1) is 22.3 Å². The number of carbonyl (C=O) groups excluding carboxylic acids is 1. The molecule has 0 aliphatic carbocycles. The third kappa shape index (κ3) is 3.90. The number of hydrogen-bond acceptors (Lipinski definition) is 6. The quantitative estimate of drug-likeness (QED) is 0.882. The van der Waals surface area contributed by atoms with E-state index >= 15 is 0 Å². The SMILES string of the molecule is CCCNc1nnc(C(=O)Nc2ccc(C#N)cc2Cl)s1. The zero-order chi connectivity index (χ0) is 15.2.